The van der Waals surface area contributed by atoms with Crippen LogP contribution in [0, 0.1) is 0 Å². The van der Waals surface area contributed by atoms with Gasteiger partial charge in [0.25, 0.3) is 5.91 Å². The molecular weight excluding hydrogens is 352 g/mol. The molecule has 0 radical (unpaired) electrons. The summed E-state index contributed by atoms with van der Waals surface area (Å²) in [6.07, 6.45) is 0. The van der Waals surface area contributed by atoms with E-state index in [2.05, 4.69) is 34.7 Å². The van der Waals surface area contributed by atoms with Crippen molar-refractivity contribution in [2.24, 2.45) is 0 Å². The third-order valence-corrected chi connectivity index (χ3v) is 4.45. The Morgan fingerprint density at radius 3 is 2.64 bits per heavy atom. The number of para-hydroxylation sites is 1. The van der Waals surface area contributed by atoms with Crippen LogP contribution in [0.5, 0.6) is 5.75 Å². The van der Waals surface area contributed by atoms with Crippen molar-refractivity contribution in [3.05, 3.63) is 84.1 Å². The Morgan fingerprint density at radius 1 is 1.00 bits per heavy atom. The number of carbonyl (C=O) groups excluding carboxylic acids is 1. The molecule has 5 heteroatoms. The predicted molar refractivity (Wildman–Crippen MR) is 108 cm³/mol. The molecule has 0 aliphatic carbocycles. The number of aromatic nitrogens is 1. The lowest BCUT2D eigenvalue weighted by Gasteiger charge is -2.09. The molecule has 0 spiro atoms. The van der Waals surface area contributed by atoms with E-state index < -0.39 is 0 Å². The van der Waals surface area contributed by atoms with Gasteiger partial charge in [-0.1, -0.05) is 53.7 Å². The molecule has 0 unspecified atom stereocenters. The summed E-state index contributed by atoms with van der Waals surface area (Å²) in [5.74, 6) is 1.03. The van der Waals surface area contributed by atoms with Gasteiger partial charge in [-0.25, -0.2) is 0 Å². The highest BCUT2D eigenvalue weighted by molar-refractivity contribution is 5.96. The SMILES string of the molecule is CCOc1ccccc1C(=O)NCc1cc(-c2ccc3ccccc3c2)on1. The molecule has 0 bridgehead atoms. The molecule has 28 heavy (non-hydrogen) atoms. The lowest BCUT2D eigenvalue weighted by atomic mass is 10.1. The lowest BCUT2D eigenvalue weighted by Crippen LogP contribution is -2.23. The van der Waals surface area contributed by atoms with Crippen LogP contribution in [0.1, 0.15) is 23.0 Å². The van der Waals surface area contributed by atoms with Crippen molar-refractivity contribution in [2.45, 2.75) is 13.5 Å². The summed E-state index contributed by atoms with van der Waals surface area (Å²) >= 11 is 0. The molecule has 1 heterocycles. The van der Waals surface area contributed by atoms with E-state index in [1.54, 1.807) is 12.1 Å². The zero-order chi connectivity index (χ0) is 19.3. The standard InChI is InChI=1S/C23H20N2O3/c1-2-27-21-10-6-5-9-20(21)23(26)24-15-19-14-22(28-25-19)18-12-11-16-7-3-4-8-17(16)13-18/h3-14H,2,15H2,1H3,(H,24,26). The Morgan fingerprint density at radius 2 is 1.79 bits per heavy atom. The Kier molecular flexibility index (Phi) is 5.06. The zero-order valence-corrected chi connectivity index (χ0v) is 15.5. The minimum absolute atomic E-state index is 0.209. The summed E-state index contributed by atoms with van der Waals surface area (Å²) in [6.45, 7) is 2.66. The summed E-state index contributed by atoms with van der Waals surface area (Å²) in [4.78, 5) is 12.5. The van der Waals surface area contributed by atoms with Crippen LogP contribution in [0.4, 0.5) is 0 Å². The molecule has 1 amide bonds. The van der Waals surface area contributed by atoms with Crippen LogP contribution in [0.3, 0.4) is 0 Å². The first kappa shape index (κ1) is 17.8. The quantitative estimate of drug-likeness (QED) is 0.527. The lowest BCUT2D eigenvalue weighted by molar-refractivity contribution is 0.0946. The van der Waals surface area contributed by atoms with Crippen LogP contribution in [-0.2, 0) is 6.54 Å². The van der Waals surface area contributed by atoms with Gasteiger partial charge in [0.2, 0.25) is 0 Å². The number of amides is 1. The van der Waals surface area contributed by atoms with Gasteiger partial charge in [0.15, 0.2) is 5.76 Å². The van der Waals surface area contributed by atoms with Crippen LogP contribution in [0.2, 0.25) is 0 Å². The molecule has 3 aromatic carbocycles. The summed E-state index contributed by atoms with van der Waals surface area (Å²) in [6, 6.07) is 23.3. The minimum atomic E-state index is -0.209. The number of hydrogen-bond donors (Lipinski definition) is 1. The first-order chi connectivity index (χ1) is 13.7. The Bertz CT molecular complexity index is 1120. The molecule has 1 aromatic heterocycles. The molecule has 4 rings (SSSR count). The third kappa shape index (κ3) is 3.74. The van der Waals surface area contributed by atoms with Gasteiger partial charge >= 0.3 is 0 Å². The van der Waals surface area contributed by atoms with Gasteiger partial charge in [-0.15, -0.1) is 0 Å². The van der Waals surface area contributed by atoms with E-state index in [9.17, 15) is 4.79 Å². The molecule has 0 fully saturated rings. The van der Waals surface area contributed by atoms with E-state index in [0.717, 1.165) is 10.9 Å². The fourth-order valence-corrected chi connectivity index (χ4v) is 3.08. The van der Waals surface area contributed by atoms with E-state index in [-0.39, 0.29) is 12.5 Å². The maximum absolute atomic E-state index is 12.5. The molecule has 140 valence electrons. The molecular formula is C23H20N2O3. The van der Waals surface area contributed by atoms with Gasteiger partial charge < -0.3 is 14.6 Å². The highest BCUT2D eigenvalue weighted by atomic mass is 16.5. The van der Waals surface area contributed by atoms with Gasteiger partial charge in [-0.2, -0.15) is 0 Å². The van der Waals surface area contributed by atoms with Crippen LogP contribution in [-0.4, -0.2) is 17.7 Å². The normalized spacial score (nSPS) is 10.8. The summed E-state index contributed by atoms with van der Waals surface area (Å²) in [7, 11) is 0. The van der Waals surface area contributed by atoms with E-state index in [0.29, 0.717) is 29.4 Å². The fourth-order valence-electron chi connectivity index (χ4n) is 3.08. The molecule has 1 N–H and O–H groups in total. The van der Waals surface area contributed by atoms with E-state index >= 15 is 0 Å². The average molecular weight is 372 g/mol. The minimum Gasteiger partial charge on any atom is -0.493 e. The van der Waals surface area contributed by atoms with Crippen molar-refractivity contribution in [1.82, 2.24) is 10.5 Å². The molecule has 4 aromatic rings. The van der Waals surface area contributed by atoms with Crippen molar-refractivity contribution < 1.29 is 14.1 Å². The van der Waals surface area contributed by atoms with Gasteiger partial charge in [0, 0.05) is 11.6 Å². The van der Waals surface area contributed by atoms with Gasteiger partial charge in [-0.05, 0) is 35.9 Å². The Balaban J connectivity index is 1.47. The number of nitrogens with one attached hydrogen (secondary N) is 1. The van der Waals surface area contributed by atoms with E-state index in [1.165, 1.54) is 5.39 Å². The number of carbonyl (C=O) groups is 1. The number of fused-ring (bicyclic) bond motifs is 1. The van der Waals surface area contributed by atoms with Gasteiger partial charge in [0.1, 0.15) is 11.4 Å². The predicted octanol–water partition coefficient (Wildman–Crippen LogP) is 4.82. The molecule has 0 aliphatic heterocycles. The Labute approximate surface area is 162 Å². The Hall–Kier alpha value is -3.60. The first-order valence-electron chi connectivity index (χ1n) is 9.19. The monoisotopic (exact) mass is 372 g/mol. The number of ether oxygens (including phenoxy) is 1. The summed E-state index contributed by atoms with van der Waals surface area (Å²) in [5.41, 5.74) is 2.11. The third-order valence-electron chi connectivity index (χ3n) is 4.45. The first-order valence-corrected chi connectivity index (χ1v) is 9.19. The largest absolute Gasteiger partial charge is 0.493 e. The van der Waals surface area contributed by atoms with Crippen LogP contribution < -0.4 is 10.1 Å². The van der Waals surface area contributed by atoms with Crippen molar-refractivity contribution in [3.63, 3.8) is 0 Å². The second-order valence-corrected chi connectivity index (χ2v) is 6.36. The summed E-state index contributed by atoms with van der Waals surface area (Å²) in [5, 5.41) is 9.25. The second kappa shape index (κ2) is 7.96. The number of nitrogens with zero attached hydrogens (tertiary/aromatic N) is 1. The van der Waals surface area contributed by atoms with Crippen molar-refractivity contribution in [3.8, 4) is 17.1 Å². The topological polar surface area (TPSA) is 64.4 Å². The maximum Gasteiger partial charge on any atom is 0.255 e. The molecule has 0 saturated carbocycles. The molecule has 5 nitrogen and oxygen atoms in total. The number of rotatable bonds is 6. The summed E-state index contributed by atoms with van der Waals surface area (Å²) < 4.78 is 11.0. The van der Waals surface area contributed by atoms with Crippen molar-refractivity contribution >= 4 is 16.7 Å². The highest BCUT2D eigenvalue weighted by Crippen LogP contribution is 2.25. The molecule has 0 aliphatic rings. The van der Waals surface area contributed by atoms with Crippen LogP contribution in [0.15, 0.2) is 77.3 Å². The van der Waals surface area contributed by atoms with Crippen molar-refractivity contribution in [2.75, 3.05) is 6.61 Å². The smallest absolute Gasteiger partial charge is 0.255 e. The molecule has 0 saturated heterocycles. The number of hydrogen-bond acceptors (Lipinski definition) is 4. The van der Waals surface area contributed by atoms with Gasteiger partial charge in [0.05, 0.1) is 18.7 Å². The fraction of sp³-hybridized carbons (Fsp3) is 0.130. The maximum atomic E-state index is 12.5. The van der Waals surface area contributed by atoms with Gasteiger partial charge in [-0.3, -0.25) is 4.79 Å². The zero-order valence-electron chi connectivity index (χ0n) is 15.5. The van der Waals surface area contributed by atoms with E-state index in [4.69, 9.17) is 9.26 Å². The van der Waals surface area contributed by atoms with Crippen molar-refractivity contribution in [1.29, 1.82) is 0 Å². The second-order valence-electron chi connectivity index (χ2n) is 6.36. The van der Waals surface area contributed by atoms with Crippen LogP contribution >= 0.6 is 0 Å². The molecule has 0 atom stereocenters. The highest BCUT2D eigenvalue weighted by Gasteiger charge is 2.13. The number of benzene rings is 3. The van der Waals surface area contributed by atoms with E-state index in [1.807, 2.05) is 43.3 Å². The average Bonchev–Trinajstić information content (AvgIpc) is 3.21. The van der Waals surface area contributed by atoms with Crippen LogP contribution in [0.25, 0.3) is 22.1 Å².